The largest absolute Gasteiger partial charge is 0.375 e. The van der Waals surface area contributed by atoms with Gasteiger partial charge in [0.15, 0.2) is 0 Å². The van der Waals surface area contributed by atoms with Crippen molar-refractivity contribution in [2.45, 2.75) is 6.42 Å². The topological polar surface area (TPSA) is 26.5 Å². The Balaban J connectivity index is 2.13. The molecule has 3 nitrogen and oxygen atoms in total. The lowest BCUT2D eigenvalue weighted by Crippen LogP contribution is -1.99. The summed E-state index contributed by atoms with van der Waals surface area (Å²) in [5.74, 6) is 0. The van der Waals surface area contributed by atoms with Gasteiger partial charge < -0.3 is 4.74 Å². The third-order valence-corrected chi connectivity index (χ3v) is 1.65. The average molecular weight is 150 g/mol. The molecule has 3 heteroatoms. The molecular formula is C8H10N2O. The number of ether oxygens (including phenoxy) is 1. The lowest BCUT2D eigenvalue weighted by molar-refractivity contribution is 0.209. The Morgan fingerprint density at radius 3 is 2.82 bits per heavy atom. The van der Waals surface area contributed by atoms with E-state index in [0.717, 1.165) is 18.7 Å². The van der Waals surface area contributed by atoms with E-state index in [9.17, 15) is 0 Å². The molecule has 2 heterocycles. The van der Waals surface area contributed by atoms with Crippen LogP contribution in [0.1, 0.15) is 6.42 Å². The molecule has 0 atom stereocenters. The zero-order valence-electron chi connectivity index (χ0n) is 6.23. The van der Waals surface area contributed by atoms with Crippen LogP contribution in [0.15, 0.2) is 29.6 Å². The molecule has 1 fully saturated rings. The molecule has 0 amide bonds. The molecule has 0 spiro atoms. The van der Waals surface area contributed by atoms with Gasteiger partial charge in [-0.3, -0.25) is 0 Å². The first-order chi connectivity index (χ1) is 5.45. The highest BCUT2D eigenvalue weighted by molar-refractivity contribution is 5.86. The van der Waals surface area contributed by atoms with Crippen LogP contribution in [0.4, 0.5) is 0 Å². The summed E-state index contributed by atoms with van der Waals surface area (Å²) in [7, 11) is 0. The van der Waals surface area contributed by atoms with E-state index in [0.29, 0.717) is 6.61 Å². The molecule has 1 aliphatic heterocycles. The van der Waals surface area contributed by atoms with Gasteiger partial charge in [-0.1, -0.05) is 0 Å². The van der Waals surface area contributed by atoms with Crippen LogP contribution < -0.4 is 0 Å². The summed E-state index contributed by atoms with van der Waals surface area (Å²) in [6, 6.07) is 3.92. The normalized spacial score (nSPS) is 21.3. The van der Waals surface area contributed by atoms with Crippen LogP contribution in [0, 0.1) is 0 Å². The summed E-state index contributed by atoms with van der Waals surface area (Å²) in [4.78, 5) is 0. The second kappa shape index (κ2) is 2.88. The van der Waals surface area contributed by atoms with E-state index >= 15 is 0 Å². The highest BCUT2D eigenvalue weighted by Gasteiger charge is 2.07. The van der Waals surface area contributed by atoms with Crippen LogP contribution in [-0.4, -0.2) is 23.6 Å². The minimum atomic E-state index is 0.693. The van der Waals surface area contributed by atoms with Gasteiger partial charge >= 0.3 is 0 Å². The Morgan fingerprint density at radius 1 is 1.36 bits per heavy atom. The zero-order chi connectivity index (χ0) is 7.52. The van der Waals surface area contributed by atoms with E-state index in [1.807, 2.05) is 29.2 Å². The van der Waals surface area contributed by atoms with E-state index in [-0.39, 0.29) is 0 Å². The Bertz CT molecular complexity index is 243. The standard InChI is InChI=1S/C8H10N2O/c1-2-5-10(4-1)9-8-3-6-11-7-8/h1-2,4-5H,3,6-7H2/b9-8-. The molecule has 1 aromatic heterocycles. The van der Waals surface area contributed by atoms with Crippen molar-refractivity contribution in [3.63, 3.8) is 0 Å². The summed E-state index contributed by atoms with van der Waals surface area (Å²) >= 11 is 0. The van der Waals surface area contributed by atoms with Crippen LogP contribution in [0.25, 0.3) is 0 Å². The van der Waals surface area contributed by atoms with Gasteiger partial charge in [-0.15, -0.1) is 0 Å². The highest BCUT2D eigenvalue weighted by Crippen LogP contribution is 2.00. The monoisotopic (exact) mass is 150 g/mol. The van der Waals surface area contributed by atoms with Crippen molar-refractivity contribution in [2.24, 2.45) is 5.10 Å². The minimum Gasteiger partial charge on any atom is -0.375 e. The molecular weight excluding hydrogens is 140 g/mol. The molecule has 58 valence electrons. The van der Waals surface area contributed by atoms with E-state index < -0.39 is 0 Å². The van der Waals surface area contributed by atoms with E-state index in [4.69, 9.17) is 4.74 Å². The van der Waals surface area contributed by atoms with Crippen molar-refractivity contribution in [1.29, 1.82) is 0 Å². The van der Waals surface area contributed by atoms with Gasteiger partial charge in [0, 0.05) is 18.8 Å². The van der Waals surface area contributed by atoms with E-state index in [2.05, 4.69) is 5.10 Å². The third-order valence-electron chi connectivity index (χ3n) is 1.65. The molecule has 0 saturated carbocycles. The summed E-state index contributed by atoms with van der Waals surface area (Å²) < 4.78 is 6.97. The summed E-state index contributed by atoms with van der Waals surface area (Å²) in [6.07, 6.45) is 4.81. The molecule has 11 heavy (non-hydrogen) atoms. The molecule has 1 saturated heterocycles. The van der Waals surface area contributed by atoms with Crippen molar-refractivity contribution < 1.29 is 4.74 Å². The van der Waals surface area contributed by atoms with Gasteiger partial charge in [-0.2, -0.15) is 5.10 Å². The van der Waals surface area contributed by atoms with Crippen LogP contribution in [0.3, 0.4) is 0 Å². The van der Waals surface area contributed by atoms with Crippen LogP contribution in [0.5, 0.6) is 0 Å². The lowest BCUT2D eigenvalue weighted by Gasteiger charge is -1.93. The van der Waals surface area contributed by atoms with Gasteiger partial charge in [0.05, 0.1) is 18.9 Å². The van der Waals surface area contributed by atoms with Gasteiger partial charge in [0.1, 0.15) is 0 Å². The van der Waals surface area contributed by atoms with Gasteiger partial charge in [-0.25, -0.2) is 4.68 Å². The van der Waals surface area contributed by atoms with E-state index in [1.165, 1.54) is 0 Å². The summed E-state index contributed by atoms with van der Waals surface area (Å²) in [5, 5.41) is 4.33. The van der Waals surface area contributed by atoms with Crippen LogP contribution >= 0.6 is 0 Å². The van der Waals surface area contributed by atoms with Gasteiger partial charge in [0.2, 0.25) is 0 Å². The lowest BCUT2D eigenvalue weighted by atomic mass is 10.3. The fraction of sp³-hybridized carbons (Fsp3) is 0.375. The van der Waals surface area contributed by atoms with Crippen molar-refractivity contribution in [2.75, 3.05) is 13.2 Å². The highest BCUT2D eigenvalue weighted by atomic mass is 16.5. The molecule has 0 aliphatic carbocycles. The number of aromatic nitrogens is 1. The quantitative estimate of drug-likeness (QED) is 0.589. The summed E-state index contributed by atoms with van der Waals surface area (Å²) in [6.45, 7) is 1.51. The minimum absolute atomic E-state index is 0.693. The number of hydrogen-bond donors (Lipinski definition) is 0. The van der Waals surface area contributed by atoms with Crippen molar-refractivity contribution in [3.05, 3.63) is 24.5 Å². The second-order valence-electron chi connectivity index (χ2n) is 2.53. The van der Waals surface area contributed by atoms with Crippen LogP contribution in [0.2, 0.25) is 0 Å². The number of rotatable bonds is 1. The molecule has 0 radical (unpaired) electrons. The molecule has 0 unspecified atom stereocenters. The zero-order valence-corrected chi connectivity index (χ0v) is 6.23. The van der Waals surface area contributed by atoms with Crippen molar-refractivity contribution in [1.82, 2.24) is 4.68 Å². The Morgan fingerprint density at radius 2 is 2.18 bits per heavy atom. The van der Waals surface area contributed by atoms with Gasteiger partial charge in [0.25, 0.3) is 0 Å². The Labute approximate surface area is 65.3 Å². The molecule has 1 aromatic rings. The van der Waals surface area contributed by atoms with E-state index in [1.54, 1.807) is 0 Å². The van der Waals surface area contributed by atoms with Crippen molar-refractivity contribution >= 4 is 5.71 Å². The number of hydrogen-bond acceptors (Lipinski definition) is 2. The smallest absolute Gasteiger partial charge is 0.0867 e. The molecule has 1 aliphatic rings. The maximum absolute atomic E-state index is 5.16. The molecule has 0 bridgehead atoms. The first-order valence-corrected chi connectivity index (χ1v) is 3.72. The first kappa shape index (κ1) is 6.61. The van der Waals surface area contributed by atoms with Crippen molar-refractivity contribution in [3.8, 4) is 0 Å². The third kappa shape index (κ3) is 1.49. The molecule has 0 aromatic carbocycles. The fourth-order valence-corrected chi connectivity index (χ4v) is 1.09. The maximum atomic E-state index is 5.16. The second-order valence-corrected chi connectivity index (χ2v) is 2.53. The summed E-state index contributed by atoms with van der Waals surface area (Å²) in [5.41, 5.74) is 1.13. The molecule has 2 rings (SSSR count). The SMILES string of the molecule is c1ccn(/N=C2/CCOC2)c1. The fourth-order valence-electron chi connectivity index (χ4n) is 1.09. The van der Waals surface area contributed by atoms with Crippen LogP contribution in [-0.2, 0) is 4.74 Å². The Hall–Kier alpha value is -1.09. The van der Waals surface area contributed by atoms with Gasteiger partial charge in [-0.05, 0) is 12.1 Å². The first-order valence-electron chi connectivity index (χ1n) is 3.72. The predicted molar refractivity (Wildman–Crippen MR) is 42.7 cm³/mol. The molecule has 0 N–H and O–H groups in total. The average Bonchev–Trinajstić information content (AvgIpc) is 2.60. The number of nitrogens with zero attached hydrogens (tertiary/aromatic N) is 2. The Kier molecular flexibility index (Phi) is 1.73. The predicted octanol–water partition coefficient (Wildman–Crippen LogP) is 1.11. The maximum Gasteiger partial charge on any atom is 0.0867 e.